The molecule has 3 atom stereocenters. The van der Waals surface area contributed by atoms with Gasteiger partial charge in [-0.1, -0.05) is 42.5 Å². The average molecular weight is 334 g/mol. The highest BCUT2D eigenvalue weighted by Crippen LogP contribution is 2.60. The van der Waals surface area contributed by atoms with E-state index in [0.717, 1.165) is 5.56 Å². The fourth-order valence-corrected chi connectivity index (χ4v) is 2.95. The Morgan fingerprint density at radius 2 is 1.75 bits per heavy atom. The van der Waals surface area contributed by atoms with E-state index in [0.29, 0.717) is 17.9 Å². The Labute approximate surface area is 139 Å². The minimum atomic E-state index is -2.91. The molecule has 2 aromatic carbocycles. The predicted octanol–water partition coefficient (Wildman–Crippen LogP) is 3.83. The number of alkyl halides is 2. The maximum Gasteiger partial charge on any atom is 0.259 e. The number of rotatable bonds is 7. The van der Waals surface area contributed by atoms with Crippen LogP contribution in [0, 0.1) is 11.8 Å². The SMILES string of the molecule is COc1ccc(C(O)[C@H]2[C@H](COCc3ccccc3)C2(F)F)cc1. The van der Waals surface area contributed by atoms with Gasteiger partial charge in [-0.3, -0.25) is 0 Å². The number of ether oxygens (including phenoxy) is 2. The molecule has 24 heavy (non-hydrogen) atoms. The first kappa shape index (κ1) is 16.9. The van der Waals surface area contributed by atoms with Crippen LogP contribution in [-0.2, 0) is 11.3 Å². The molecule has 0 aliphatic heterocycles. The van der Waals surface area contributed by atoms with Crippen LogP contribution < -0.4 is 4.74 Å². The number of hydrogen-bond donors (Lipinski definition) is 1. The van der Waals surface area contributed by atoms with Crippen molar-refractivity contribution in [2.24, 2.45) is 11.8 Å². The maximum atomic E-state index is 14.0. The largest absolute Gasteiger partial charge is 0.497 e. The molecule has 0 bridgehead atoms. The van der Waals surface area contributed by atoms with E-state index in [2.05, 4.69) is 0 Å². The van der Waals surface area contributed by atoms with Crippen molar-refractivity contribution < 1.29 is 23.4 Å². The molecule has 0 amide bonds. The summed E-state index contributed by atoms with van der Waals surface area (Å²) in [6.07, 6.45) is -1.21. The highest BCUT2D eigenvalue weighted by Gasteiger charge is 2.70. The third kappa shape index (κ3) is 3.42. The van der Waals surface area contributed by atoms with E-state index >= 15 is 0 Å². The van der Waals surface area contributed by atoms with Gasteiger partial charge in [0.05, 0.1) is 38.3 Å². The number of aliphatic hydroxyl groups is 1. The van der Waals surface area contributed by atoms with Crippen LogP contribution in [0.4, 0.5) is 8.78 Å². The van der Waals surface area contributed by atoms with Gasteiger partial charge in [-0.2, -0.15) is 0 Å². The first-order chi connectivity index (χ1) is 11.5. The molecule has 0 heterocycles. The van der Waals surface area contributed by atoms with Crippen molar-refractivity contribution in [2.75, 3.05) is 13.7 Å². The third-order valence-corrected chi connectivity index (χ3v) is 4.47. The van der Waals surface area contributed by atoms with Crippen molar-refractivity contribution in [1.29, 1.82) is 0 Å². The molecule has 1 fully saturated rings. The minimum Gasteiger partial charge on any atom is -0.497 e. The molecule has 0 radical (unpaired) electrons. The molecule has 0 spiro atoms. The Kier molecular flexibility index (Phi) is 4.83. The first-order valence-electron chi connectivity index (χ1n) is 7.85. The zero-order valence-corrected chi connectivity index (χ0v) is 13.4. The molecule has 1 N–H and O–H groups in total. The highest BCUT2D eigenvalue weighted by molar-refractivity contribution is 5.30. The van der Waals surface area contributed by atoms with E-state index in [9.17, 15) is 13.9 Å². The van der Waals surface area contributed by atoms with E-state index in [1.165, 1.54) is 7.11 Å². The van der Waals surface area contributed by atoms with Crippen molar-refractivity contribution in [3.63, 3.8) is 0 Å². The van der Waals surface area contributed by atoms with Crippen LogP contribution in [0.3, 0.4) is 0 Å². The summed E-state index contributed by atoms with van der Waals surface area (Å²) in [5.74, 6) is -4.35. The van der Waals surface area contributed by atoms with Gasteiger partial charge in [-0.05, 0) is 23.3 Å². The summed E-state index contributed by atoms with van der Waals surface area (Å²) in [7, 11) is 1.53. The number of aliphatic hydroxyl groups excluding tert-OH is 1. The molecule has 128 valence electrons. The number of hydrogen-bond acceptors (Lipinski definition) is 3. The zero-order chi connectivity index (χ0) is 17.2. The molecule has 1 saturated carbocycles. The predicted molar refractivity (Wildman–Crippen MR) is 86.0 cm³/mol. The molecule has 0 aromatic heterocycles. The standard InChI is InChI=1S/C19H20F2O3/c1-23-15-9-7-14(8-10-15)18(22)17-16(19(17,20)21)12-24-11-13-5-3-2-4-6-13/h2-10,16-18,22H,11-12H2,1H3/t16-,17+,18?/m0/s1. The van der Waals surface area contributed by atoms with Gasteiger partial charge in [-0.25, -0.2) is 8.78 Å². The molecule has 1 unspecified atom stereocenters. The van der Waals surface area contributed by atoms with Crippen LogP contribution >= 0.6 is 0 Å². The Morgan fingerprint density at radius 3 is 2.38 bits per heavy atom. The van der Waals surface area contributed by atoms with Gasteiger partial charge < -0.3 is 14.6 Å². The Bertz CT molecular complexity index is 658. The van der Waals surface area contributed by atoms with Crippen LogP contribution in [0.2, 0.25) is 0 Å². The van der Waals surface area contributed by atoms with Crippen LogP contribution in [0.15, 0.2) is 54.6 Å². The summed E-state index contributed by atoms with van der Waals surface area (Å²) >= 11 is 0. The fraction of sp³-hybridized carbons (Fsp3) is 0.368. The van der Waals surface area contributed by atoms with Gasteiger partial charge >= 0.3 is 0 Å². The maximum absolute atomic E-state index is 14.0. The molecule has 2 aromatic rings. The normalized spacial score (nSPS) is 22.8. The van der Waals surface area contributed by atoms with E-state index in [1.54, 1.807) is 24.3 Å². The molecule has 5 heteroatoms. The molecule has 3 rings (SSSR count). The Morgan fingerprint density at radius 1 is 1.08 bits per heavy atom. The molecule has 3 nitrogen and oxygen atoms in total. The second-order valence-electron chi connectivity index (χ2n) is 6.03. The molecular formula is C19H20F2O3. The van der Waals surface area contributed by atoms with Gasteiger partial charge in [0, 0.05) is 0 Å². The molecule has 1 aliphatic rings. The van der Waals surface area contributed by atoms with Gasteiger partial charge in [0.2, 0.25) is 0 Å². The lowest BCUT2D eigenvalue weighted by atomic mass is 10.0. The van der Waals surface area contributed by atoms with E-state index in [1.807, 2.05) is 30.3 Å². The van der Waals surface area contributed by atoms with Crippen LogP contribution in [0.5, 0.6) is 5.75 Å². The lowest BCUT2D eigenvalue weighted by Crippen LogP contribution is -2.06. The van der Waals surface area contributed by atoms with Crippen molar-refractivity contribution >= 4 is 0 Å². The summed E-state index contributed by atoms with van der Waals surface area (Å²) < 4.78 is 38.5. The summed E-state index contributed by atoms with van der Waals surface area (Å²) in [6.45, 7) is 0.221. The number of benzene rings is 2. The van der Waals surface area contributed by atoms with Gasteiger partial charge in [0.25, 0.3) is 5.92 Å². The molecular weight excluding hydrogens is 314 g/mol. The quantitative estimate of drug-likeness (QED) is 0.836. The number of methoxy groups -OCH3 is 1. The van der Waals surface area contributed by atoms with Crippen molar-refractivity contribution in [3.05, 3.63) is 65.7 Å². The Hall–Kier alpha value is -1.98. The van der Waals surface area contributed by atoms with E-state index in [-0.39, 0.29) is 6.61 Å². The van der Waals surface area contributed by atoms with Crippen molar-refractivity contribution in [2.45, 2.75) is 18.6 Å². The second-order valence-corrected chi connectivity index (χ2v) is 6.03. The van der Waals surface area contributed by atoms with Crippen molar-refractivity contribution in [3.8, 4) is 5.75 Å². The lowest BCUT2D eigenvalue weighted by molar-refractivity contribution is 0.0336. The third-order valence-electron chi connectivity index (χ3n) is 4.47. The average Bonchev–Trinajstić information content (AvgIpc) is 3.16. The smallest absolute Gasteiger partial charge is 0.259 e. The van der Waals surface area contributed by atoms with Crippen LogP contribution in [0.1, 0.15) is 17.2 Å². The number of halogens is 2. The Balaban J connectivity index is 1.57. The van der Waals surface area contributed by atoms with Gasteiger partial charge in [0.1, 0.15) is 5.75 Å². The molecule has 0 saturated heterocycles. The van der Waals surface area contributed by atoms with Crippen molar-refractivity contribution in [1.82, 2.24) is 0 Å². The first-order valence-corrected chi connectivity index (χ1v) is 7.85. The van der Waals surface area contributed by atoms with E-state index < -0.39 is 23.9 Å². The van der Waals surface area contributed by atoms with Crippen LogP contribution in [0.25, 0.3) is 0 Å². The van der Waals surface area contributed by atoms with Gasteiger partial charge in [0.15, 0.2) is 0 Å². The topological polar surface area (TPSA) is 38.7 Å². The summed E-state index contributed by atoms with van der Waals surface area (Å²) in [4.78, 5) is 0. The molecule has 1 aliphatic carbocycles. The van der Waals surface area contributed by atoms with Crippen LogP contribution in [-0.4, -0.2) is 24.7 Å². The second kappa shape index (κ2) is 6.87. The summed E-state index contributed by atoms with van der Waals surface area (Å²) in [6, 6.07) is 15.9. The summed E-state index contributed by atoms with van der Waals surface area (Å²) in [5.41, 5.74) is 1.40. The zero-order valence-electron chi connectivity index (χ0n) is 13.4. The lowest BCUT2D eigenvalue weighted by Gasteiger charge is -2.11. The van der Waals surface area contributed by atoms with E-state index in [4.69, 9.17) is 9.47 Å². The monoisotopic (exact) mass is 334 g/mol. The fourth-order valence-electron chi connectivity index (χ4n) is 2.95. The minimum absolute atomic E-state index is 0.0697. The van der Waals surface area contributed by atoms with Gasteiger partial charge in [-0.15, -0.1) is 0 Å². The summed E-state index contributed by atoms with van der Waals surface area (Å²) in [5, 5.41) is 10.3. The highest BCUT2D eigenvalue weighted by atomic mass is 19.3.